The number of rotatable bonds is 25. The molecule has 0 heterocycles. The Balaban J connectivity index is 3.01. The SMILES string of the molecule is CCCCCCCCCCCCCCCOCCOCCOCCOCC(=O)OC. The van der Waals surface area contributed by atoms with Crippen molar-refractivity contribution in [3.05, 3.63) is 0 Å². The van der Waals surface area contributed by atoms with Gasteiger partial charge in [0, 0.05) is 6.61 Å². The normalized spacial score (nSPS) is 11.1. The van der Waals surface area contributed by atoms with Crippen LogP contribution >= 0.6 is 0 Å². The molecule has 0 aliphatic heterocycles. The van der Waals surface area contributed by atoms with Gasteiger partial charge in [0.1, 0.15) is 6.61 Å². The molecule has 6 nitrogen and oxygen atoms in total. The van der Waals surface area contributed by atoms with Crippen LogP contribution in [0.4, 0.5) is 0 Å². The second kappa shape index (κ2) is 26.3. The fourth-order valence-corrected chi connectivity index (χ4v) is 3.10. The van der Waals surface area contributed by atoms with Gasteiger partial charge in [0.2, 0.25) is 0 Å². The minimum atomic E-state index is -0.378. The van der Waals surface area contributed by atoms with Crippen LogP contribution in [0.5, 0.6) is 0 Å². The number of methoxy groups -OCH3 is 1. The van der Waals surface area contributed by atoms with E-state index >= 15 is 0 Å². The highest BCUT2D eigenvalue weighted by atomic mass is 16.6. The zero-order chi connectivity index (χ0) is 22.0. The summed E-state index contributed by atoms with van der Waals surface area (Å²) in [5.74, 6) is -0.378. The van der Waals surface area contributed by atoms with E-state index in [0.29, 0.717) is 39.6 Å². The molecule has 0 bridgehead atoms. The zero-order valence-electron chi connectivity index (χ0n) is 19.8. The van der Waals surface area contributed by atoms with Crippen molar-refractivity contribution in [3.63, 3.8) is 0 Å². The molecule has 0 saturated heterocycles. The molecule has 0 atom stereocenters. The summed E-state index contributed by atoms with van der Waals surface area (Å²) in [4.78, 5) is 10.8. The molecule has 0 saturated carbocycles. The summed E-state index contributed by atoms with van der Waals surface area (Å²) in [6.45, 7) is 6.17. The quantitative estimate of drug-likeness (QED) is 0.144. The summed E-state index contributed by atoms with van der Waals surface area (Å²) in [6, 6.07) is 0. The van der Waals surface area contributed by atoms with Crippen LogP contribution in [0.2, 0.25) is 0 Å². The Hall–Kier alpha value is -0.690. The Morgan fingerprint density at radius 1 is 0.500 bits per heavy atom. The maximum Gasteiger partial charge on any atom is 0.331 e. The molecule has 0 aliphatic carbocycles. The molecule has 30 heavy (non-hydrogen) atoms. The second-order valence-corrected chi connectivity index (χ2v) is 7.71. The van der Waals surface area contributed by atoms with E-state index in [1.54, 1.807) is 0 Å². The summed E-state index contributed by atoms with van der Waals surface area (Å²) in [6.07, 6.45) is 17.8. The number of hydrogen-bond donors (Lipinski definition) is 0. The van der Waals surface area contributed by atoms with E-state index in [-0.39, 0.29) is 12.6 Å². The van der Waals surface area contributed by atoms with Gasteiger partial charge in [-0.3, -0.25) is 0 Å². The Morgan fingerprint density at radius 2 is 0.867 bits per heavy atom. The summed E-state index contributed by atoms with van der Waals surface area (Å²) in [7, 11) is 1.34. The molecule has 0 N–H and O–H groups in total. The van der Waals surface area contributed by atoms with Crippen LogP contribution in [-0.2, 0) is 28.5 Å². The van der Waals surface area contributed by atoms with Crippen molar-refractivity contribution in [2.75, 3.05) is 60.0 Å². The summed E-state index contributed by atoms with van der Waals surface area (Å²) in [5, 5.41) is 0. The third-order valence-corrected chi connectivity index (χ3v) is 4.96. The van der Waals surface area contributed by atoms with E-state index in [4.69, 9.17) is 18.9 Å². The van der Waals surface area contributed by atoms with Crippen molar-refractivity contribution in [1.29, 1.82) is 0 Å². The third kappa shape index (κ3) is 25.3. The number of carbonyl (C=O) groups is 1. The fraction of sp³-hybridized carbons (Fsp3) is 0.958. The van der Waals surface area contributed by atoms with Gasteiger partial charge in [0.25, 0.3) is 0 Å². The van der Waals surface area contributed by atoms with E-state index in [2.05, 4.69) is 11.7 Å². The maximum absolute atomic E-state index is 10.8. The van der Waals surface area contributed by atoms with Gasteiger partial charge in [-0.2, -0.15) is 0 Å². The van der Waals surface area contributed by atoms with Gasteiger partial charge in [-0.25, -0.2) is 4.79 Å². The minimum Gasteiger partial charge on any atom is -0.467 e. The first-order chi connectivity index (χ1) is 14.8. The summed E-state index contributed by atoms with van der Waals surface area (Å²) >= 11 is 0. The average Bonchev–Trinajstić information content (AvgIpc) is 2.76. The third-order valence-electron chi connectivity index (χ3n) is 4.96. The molecule has 0 aromatic carbocycles. The monoisotopic (exact) mass is 432 g/mol. The second-order valence-electron chi connectivity index (χ2n) is 7.71. The predicted octanol–water partition coefficient (Wildman–Crippen LogP) is 5.32. The van der Waals surface area contributed by atoms with Crippen LogP contribution in [-0.4, -0.2) is 65.9 Å². The predicted molar refractivity (Wildman–Crippen MR) is 121 cm³/mol. The van der Waals surface area contributed by atoms with Crippen LogP contribution in [0.15, 0.2) is 0 Å². The van der Waals surface area contributed by atoms with Crippen LogP contribution in [0.3, 0.4) is 0 Å². The highest BCUT2D eigenvalue weighted by molar-refractivity contribution is 5.70. The lowest BCUT2D eigenvalue weighted by molar-refractivity contribution is -0.146. The van der Waals surface area contributed by atoms with Gasteiger partial charge >= 0.3 is 5.97 Å². The Labute approximate surface area is 185 Å². The summed E-state index contributed by atoms with van der Waals surface area (Å²) < 4.78 is 25.9. The van der Waals surface area contributed by atoms with E-state index in [1.165, 1.54) is 84.2 Å². The number of hydrogen-bond acceptors (Lipinski definition) is 6. The molecular weight excluding hydrogens is 384 g/mol. The van der Waals surface area contributed by atoms with Gasteiger partial charge in [-0.05, 0) is 6.42 Å². The zero-order valence-corrected chi connectivity index (χ0v) is 19.8. The molecule has 6 heteroatoms. The lowest BCUT2D eigenvalue weighted by atomic mass is 10.0. The molecule has 0 unspecified atom stereocenters. The molecule has 0 radical (unpaired) electrons. The summed E-state index contributed by atoms with van der Waals surface area (Å²) in [5.41, 5.74) is 0. The molecular formula is C24H48O6. The topological polar surface area (TPSA) is 63.2 Å². The Kier molecular flexibility index (Phi) is 25.7. The van der Waals surface area contributed by atoms with Crippen molar-refractivity contribution < 1.29 is 28.5 Å². The van der Waals surface area contributed by atoms with Crippen molar-refractivity contribution in [1.82, 2.24) is 0 Å². The smallest absolute Gasteiger partial charge is 0.331 e. The molecule has 0 spiro atoms. The molecule has 0 aliphatic rings. The Morgan fingerprint density at radius 3 is 1.30 bits per heavy atom. The van der Waals surface area contributed by atoms with E-state index in [9.17, 15) is 4.79 Å². The average molecular weight is 433 g/mol. The van der Waals surface area contributed by atoms with Crippen molar-refractivity contribution in [2.45, 2.75) is 90.4 Å². The molecule has 0 aromatic rings. The molecule has 0 rings (SSSR count). The van der Waals surface area contributed by atoms with Gasteiger partial charge in [-0.1, -0.05) is 84.0 Å². The van der Waals surface area contributed by atoms with Gasteiger partial charge in [-0.15, -0.1) is 0 Å². The van der Waals surface area contributed by atoms with Crippen LogP contribution in [0.1, 0.15) is 90.4 Å². The first-order valence-corrected chi connectivity index (χ1v) is 12.2. The molecule has 180 valence electrons. The van der Waals surface area contributed by atoms with E-state index in [1.807, 2.05) is 0 Å². The van der Waals surface area contributed by atoms with Crippen LogP contribution in [0.25, 0.3) is 0 Å². The standard InChI is InChI=1S/C24H48O6/c1-3-4-5-6-7-8-9-10-11-12-13-14-15-16-27-17-18-28-19-20-29-21-22-30-23-24(25)26-2/h3-23H2,1-2H3. The fourth-order valence-electron chi connectivity index (χ4n) is 3.10. The highest BCUT2D eigenvalue weighted by Gasteiger charge is 1.99. The number of unbranched alkanes of at least 4 members (excludes halogenated alkanes) is 12. The highest BCUT2D eigenvalue weighted by Crippen LogP contribution is 2.12. The molecule has 0 aromatic heterocycles. The van der Waals surface area contributed by atoms with E-state index < -0.39 is 0 Å². The largest absolute Gasteiger partial charge is 0.467 e. The van der Waals surface area contributed by atoms with Crippen molar-refractivity contribution >= 4 is 5.97 Å². The molecule has 0 fully saturated rings. The van der Waals surface area contributed by atoms with Gasteiger partial charge in [0.05, 0.1) is 46.8 Å². The van der Waals surface area contributed by atoms with E-state index in [0.717, 1.165) is 13.0 Å². The number of ether oxygens (including phenoxy) is 5. The first-order valence-electron chi connectivity index (χ1n) is 12.2. The van der Waals surface area contributed by atoms with Gasteiger partial charge in [0.15, 0.2) is 0 Å². The van der Waals surface area contributed by atoms with Gasteiger partial charge < -0.3 is 23.7 Å². The number of esters is 1. The van der Waals surface area contributed by atoms with Crippen molar-refractivity contribution in [3.8, 4) is 0 Å². The van der Waals surface area contributed by atoms with Crippen LogP contribution in [0, 0.1) is 0 Å². The number of carbonyl (C=O) groups excluding carboxylic acids is 1. The van der Waals surface area contributed by atoms with Crippen molar-refractivity contribution in [2.24, 2.45) is 0 Å². The lowest BCUT2D eigenvalue weighted by Gasteiger charge is -2.07. The lowest BCUT2D eigenvalue weighted by Crippen LogP contribution is -2.15. The van der Waals surface area contributed by atoms with Crippen LogP contribution < -0.4 is 0 Å². The molecule has 0 amide bonds. The maximum atomic E-state index is 10.8. The Bertz CT molecular complexity index is 338. The minimum absolute atomic E-state index is 0.0348. The first kappa shape index (κ1) is 29.3.